The van der Waals surface area contributed by atoms with Gasteiger partial charge in [0.15, 0.2) is 0 Å². The van der Waals surface area contributed by atoms with Gasteiger partial charge in [0, 0.05) is 24.0 Å². The molecule has 2 amide bonds. The maximum Gasteiger partial charge on any atom is 0.323 e. The Morgan fingerprint density at radius 2 is 1.72 bits per heavy atom. The lowest BCUT2D eigenvalue weighted by Gasteiger charge is -2.08. The molecule has 1 aromatic carbocycles. The van der Waals surface area contributed by atoms with Gasteiger partial charge in [-0.2, -0.15) is 0 Å². The molecule has 1 heterocycles. The number of aromatic nitrogens is 1. The zero-order chi connectivity index (χ0) is 18.1. The predicted molar refractivity (Wildman–Crippen MR) is 98.1 cm³/mol. The molecule has 0 bridgehead atoms. The van der Waals surface area contributed by atoms with Crippen molar-refractivity contribution in [2.75, 3.05) is 10.6 Å². The molecular formula is C18H20ClN3O3. The smallest absolute Gasteiger partial charge is 0.323 e. The second kappa shape index (κ2) is 9.64. The van der Waals surface area contributed by atoms with Crippen molar-refractivity contribution in [1.82, 2.24) is 4.98 Å². The lowest BCUT2D eigenvalue weighted by Crippen LogP contribution is -2.19. The van der Waals surface area contributed by atoms with Crippen LogP contribution in [0.4, 0.5) is 16.2 Å². The summed E-state index contributed by atoms with van der Waals surface area (Å²) in [7, 11) is 0. The first kappa shape index (κ1) is 18.7. The second-order valence-corrected chi connectivity index (χ2v) is 5.98. The molecule has 0 fully saturated rings. The predicted octanol–water partition coefficient (Wildman–Crippen LogP) is 4.57. The summed E-state index contributed by atoms with van der Waals surface area (Å²) < 4.78 is 0. The number of aryl methyl sites for hydroxylation is 1. The van der Waals surface area contributed by atoms with Crippen LogP contribution < -0.4 is 10.6 Å². The number of halogens is 1. The van der Waals surface area contributed by atoms with Crippen molar-refractivity contribution in [2.45, 2.75) is 32.1 Å². The molecule has 0 aliphatic carbocycles. The van der Waals surface area contributed by atoms with Crippen molar-refractivity contribution < 1.29 is 14.7 Å². The van der Waals surface area contributed by atoms with Gasteiger partial charge in [0.25, 0.3) is 0 Å². The largest absolute Gasteiger partial charge is 0.481 e. The van der Waals surface area contributed by atoms with Gasteiger partial charge in [-0.25, -0.2) is 9.78 Å². The normalized spacial score (nSPS) is 10.3. The zero-order valence-electron chi connectivity index (χ0n) is 13.7. The molecule has 0 unspecified atom stereocenters. The van der Waals surface area contributed by atoms with Crippen LogP contribution >= 0.6 is 11.6 Å². The van der Waals surface area contributed by atoms with Gasteiger partial charge in [-0.05, 0) is 49.1 Å². The third-order valence-corrected chi connectivity index (χ3v) is 3.76. The second-order valence-electron chi connectivity index (χ2n) is 5.60. The van der Waals surface area contributed by atoms with Gasteiger partial charge in [-0.3, -0.25) is 4.79 Å². The van der Waals surface area contributed by atoms with Crippen LogP contribution in [-0.4, -0.2) is 22.1 Å². The molecule has 132 valence electrons. The van der Waals surface area contributed by atoms with Crippen LogP contribution in [-0.2, 0) is 11.2 Å². The summed E-state index contributed by atoms with van der Waals surface area (Å²) in [4.78, 5) is 26.2. The Morgan fingerprint density at radius 3 is 2.40 bits per heavy atom. The minimum Gasteiger partial charge on any atom is -0.481 e. The number of carboxylic acid groups (broad SMARTS) is 1. The SMILES string of the molecule is O=C(O)CCCCCc1ccc(NC(=O)Nc2ccnc(Cl)c2)cc1. The highest BCUT2D eigenvalue weighted by Crippen LogP contribution is 2.15. The van der Waals surface area contributed by atoms with Gasteiger partial charge in [-0.15, -0.1) is 0 Å². The fourth-order valence-corrected chi connectivity index (χ4v) is 2.48. The average Bonchev–Trinajstić information content (AvgIpc) is 2.55. The van der Waals surface area contributed by atoms with Crippen molar-refractivity contribution >= 4 is 35.0 Å². The first-order chi connectivity index (χ1) is 12.0. The van der Waals surface area contributed by atoms with Crippen LogP contribution in [0.15, 0.2) is 42.6 Å². The highest BCUT2D eigenvalue weighted by atomic mass is 35.5. The third-order valence-electron chi connectivity index (χ3n) is 3.55. The first-order valence-corrected chi connectivity index (χ1v) is 8.41. The number of nitrogens with one attached hydrogen (secondary N) is 2. The van der Waals surface area contributed by atoms with Crippen LogP contribution in [0.5, 0.6) is 0 Å². The van der Waals surface area contributed by atoms with Crippen molar-refractivity contribution in [1.29, 1.82) is 0 Å². The van der Waals surface area contributed by atoms with Crippen molar-refractivity contribution in [2.24, 2.45) is 0 Å². The van der Waals surface area contributed by atoms with E-state index in [0.29, 0.717) is 22.9 Å². The zero-order valence-corrected chi connectivity index (χ0v) is 14.4. The highest BCUT2D eigenvalue weighted by molar-refractivity contribution is 6.29. The van der Waals surface area contributed by atoms with Crippen molar-refractivity contribution in [3.8, 4) is 0 Å². The molecule has 0 saturated carbocycles. The molecular weight excluding hydrogens is 342 g/mol. The lowest BCUT2D eigenvalue weighted by molar-refractivity contribution is -0.137. The number of benzene rings is 1. The summed E-state index contributed by atoms with van der Waals surface area (Å²) in [6.07, 6.45) is 5.17. The molecule has 3 N–H and O–H groups in total. The summed E-state index contributed by atoms with van der Waals surface area (Å²) in [5.74, 6) is -0.747. The van der Waals surface area contributed by atoms with Gasteiger partial charge in [0.1, 0.15) is 5.15 Å². The molecule has 6 nitrogen and oxygen atoms in total. The number of hydrogen-bond donors (Lipinski definition) is 3. The maximum atomic E-state index is 11.9. The van der Waals surface area contributed by atoms with Gasteiger partial charge in [0.2, 0.25) is 0 Å². The number of pyridine rings is 1. The average molecular weight is 362 g/mol. The Hall–Kier alpha value is -2.60. The van der Waals surface area contributed by atoms with Gasteiger partial charge in [0.05, 0.1) is 0 Å². The molecule has 0 spiro atoms. The van der Waals surface area contributed by atoms with E-state index in [1.807, 2.05) is 24.3 Å². The number of unbranched alkanes of at least 4 members (excludes halogenated alkanes) is 2. The monoisotopic (exact) mass is 361 g/mol. The van der Waals surface area contributed by atoms with E-state index in [-0.39, 0.29) is 12.5 Å². The van der Waals surface area contributed by atoms with E-state index in [9.17, 15) is 9.59 Å². The molecule has 0 aliphatic heterocycles. The minimum absolute atomic E-state index is 0.223. The van der Waals surface area contributed by atoms with Crippen LogP contribution in [0.1, 0.15) is 31.2 Å². The Labute approximate surface area is 151 Å². The van der Waals surface area contributed by atoms with Crippen LogP contribution in [0.25, 0.3) is 0 Å². The maximum absolute atomic E-state index is 11.9. The number of rotatable bonds is 8. The number of amides is 2. The van der Waals surface area contributed by atoms with E-state index in [2.05, 4.69) is 15.6 Å². The number of nitrogens with zero attached hydrogens (tertiary/aromatic N) is 1. The van der Waals surface area contributed by atoms with Crippen molar-refractivity contribution in [3.63, 3.8) is 0 Å². The van der Waals surface area contributed by atoms with E-state index >= 15 is 0 Å². The molecule has 2 rings (SSSR count). The summed E-state index contributed by atoms with van der Waals surface area (Å²) in [5.41, 5.74) is 2.41. The lowest BCUT2D eigenvalue weighted by atomic mass is 10.1. The van der Waals surface area contributed by atoms with Crippen LogP contribution in [0.3, 0.4) is 0 Å². The van der Waals surface area contributed by atoms with Crippen LogP contribution in [0.2, 0.25) is 5.15 Å². The van der Waals surface area contributed by atoms with E-state index in [1.165, 1.54) is 6.20 Å². The fourth-order valence-electron chi connectivity index (χ4n) is 2.31. The van der Waals surface area contributed by atoms with Gasteiger partial charge < -0.3 is 15.7 Å². The summed E-state index contributed by atoms with van der Waals surface area (Å²) in [5, 5.41) is 14.3. The number of aliphatic carboxylic acids is 1. The fraction of sp³-hybridized carbons (Fsp3) is 0.278. The number of carboxylic acids is 1. The summed E-state index contributed by atoms with van der Waals surface area (Å²) >= 11 is 5.77. The molecule has 0 radical (unpaired) electrons. The number of anilines is 2. The number of carbonyl (C=O) groups is 2. The van der Waals surface area contributed by atoms with E-state index in [4.69, 9.17) is 16.7 Å². The first-order valence-electron chi connectivity index (χ1n) is 8.03. The third kappa shape index (κ3) is 7.22. The molecule has 25 heavy (non-hydrogen) atoms. The van der Waals surface area contributed by atoms with E-state index in [0.717, 1.165) is 24.8 Å². The molecule has 0 atom stereocenters. The van der Waals surface area contributed by atoms with E-state index < -0.39 is 5.97 Å². The van der Waals surface area contributed by atoms with E-state index in [1.54, 1.807) is 12.1 Å². The number of hydrogen-bond acceptors (Lipinski definition) is 3. The summed E-state index contributed by atoms with van der Waals surface area (Å²) in [6, 6.07) is 10.4. The molecule has 1 aromatic heterocycles. The Balaban J connectivity index is 1.75. The minimum atomic E-state index is -0.747. The Kier molecular flexibility index (Phi) is 7.22. The Morgan fingerprint density at radius 1 is 1.00 bits per heavy atom. The summed E-state index contributed by atoms with van der Waals surface area (Å²) in [6.45, 7) is 0. The Bertz CT molecular complexity index is 720. The molecule has 2 aromatic rings. The highest BCUT2D eigenvalue weighted by Gasteiger charge is 2.04. The quantitative estimate of drug-likeness (QED) is 0.474. The number of urea groups is 1. The molecule has 0 aliphatic rings. The van der Waals surface area contributed by atoms with Crippen molar-refractivity contribution in [3.05, 3.63) is 53.3 Å². The van der Waals surface area contributed by atoms with Crippen LogP contribution in [0, 0.1) is 0 Å². The van der Waals surface area contributed by atoms with Gasteiger partial charge >= 0.3 is 12.0 Å². The molecule has 0 saturated heterocycles. The van der Waals surface area contributed by atoms with Gasteiger partial charge in [-0.1, -0.05) is 30.2 Å². The topological polar surface area (TPSA) is 91.3 Å². The number of carbonyl (C=O) groups excluding carboxylic acids is 1. The molecule has 7 heteroatoms. The standard InChI is InChI=1S/C18H20ClN3O3/c19-16-12-15(10-11-20-16)22-18(25)21-14-8-6-13(7-9-14)4-2-1-3-5-17(23)24/h6-12H,1-5H2,(H,23,24)(H2,20,21,22,25).